The van der Waals surface area contributed by atoms with Crippen molar-refractivity contribution < 1.29 is 0 Å². The normalized spacial score (nSPS) is 15.1. The molecule has 1 aliphatic rings. The molecule has 0 aliphatic heterocycles. The molecule has 0 unspecified atom stereocenters. The molecule has 0 spiro atoms. The zero-order chi connectivity index (χ0) is 11.0. The molecule has 1 fully saturated rings. The Hall–Kier alpha value is -1.41. The highest BCUT2D eigenvalue weighted by Crippen LogP contribution is 2.40. The first kappa shape index (κ1) is 9.79. The van der Waals surface area contributed by atoms with E-state index in [1.165, 1.54) is 12.8 Å². The topological polar surface area (TPSA) is 25.8 Å². The molecule has 16 heavy (non-hydrogen) atoms. The summed E-state index contributed by atoms with van der Waals surface area (Å²) >= 11 is 5.95. The number of rotatable bonds is 2. The Kier molecular flexibility index (Phi) is 2.37. The summed E-state index contributed by atoms with van der Waals surface area (Å²) in [6.07, 6.45) is 2.45. The largest absolute Gasteiger partial charge is 0.223 e. The molecular formula is C13H11ClN2. The fraction of sp³-hybridized carbons (Fsp3) is 0.231. The van der Waals surface area contributed by atoms with Crippen LogP contribution in [0.3, 0.4) is 0 Å². The Morgan fingerprint density at radius 3 is 2.50 bits per heavy atom. The zero-order valence-corrected chi connectivity index (χ0v) is 9.48. The van der Waals surface area contributed by atoms with Gasteiger partial charge in [0.1, 0.15) is 0 Å². The van der Waals surface area contributed by atoms with Crippen molar-refractivity contribution in [2.45, 2.75) is 18.8 Å². The fourth-order valence-electron chi connectivity index (χ4n) is 1.78. The highest BCUT2D eigenvalue weighted by molar-refractivity contribution is 6.28. The van der Waals surface area contributed by atoms with Crippen molar-refractivity contribution in [2.24, 2.45) is 0 Å². The maximum atomic E-state index is 5.95. The van der Waals surface area contributed by atoms with Crippen LogP contribution < -0.4 is 0 Å². The maximum absolute atomic E-state index is 5.95. The Labute approximate surface area is 99.3 Å². The molecule has 1 saturated carbocycles. The smallest absolute Gasteiger partial charge is 0.223 e. The van der Waals surface area contributed by atoms with E-state index in [9.17, 15) is 0 Å². The molecule has 0 saturated heterocycles. The summed E-state index contributed by atoms with van der Waals surface area (Å²) < 4.78 is 0. The van der Waals surface area contributed by atoms with Crippen LogP contribution in [0.4, 0.5) is 0 Å². The van der Waals surface area contributed by atoms with Gasteiger partial charge in [-0.25, -0.2) is 9.97 Å². The van der Waals surface area contributed by atoms with Gasteiger partial charge >= 0.3 is 0 Å². The van der Waals surface area contributed by atoms with E-state index in [0.717, 1.165) is 17.0 Å². The monoisotopic (exact) mass is 230 g/mol. The summed E-state index contributed by atoms with van der Waals surface area (Å²) in [4.78, 5) is 8.54. The van der Waals surface area contributed by atoms with Gasteiger partial charge in [-0.05, 0) is 30.5 Å². The van der Waals surface area contributed by atoms with E-state index in [4.69, 9.17) is 11.6 Å². The quantitative estimate of drug-likeness (QED) is 0.736. The summed E-state index contributed by atoms with van der Waals surface area (Å²) in [5, 5.41) is 0.350. The maximum Gasteiger partial charge on any atom is 0.223 e. The molecule has 0 N–H and O–H groups in total. The number of hydrogen-bond acceptors (Lipinski definition) is 2. The Balaban J connectivity index is 2.06. The average molecular weight is 231 g/mol. The minimum Gasteiger partial charge on any atom is -0.223 e. The van der Waals surface area contributed by atoms with Gasteiger partial charge < -0.3 is 0 Å². The van der Waals surface area contributed by atoms with Gasteiger partial charge in [-0.1, -0.05) is 30.3 Å². The van der Waals surface area contributed by atoms with E-state index < -0.39 is 0 Å². The zero-order valence-electron chi connectivity index (χ0n) is 8.73. The number of benzene rings is 1. The summed E-state index contributed by atoms with van der Waals surface area (Å²) in [7, 11) is 0. The molecule has 2 nitrogen and oxygen atoms in total. The van der Waals surface area contributed by atoms with E-state index in [1.54, 1.807) is 0 Å². The lowest BCUT2D eigenvalue weighted by atomic mass is 10.1. The molecular weight excluding hydrogens is 220 g/mol. The molecule has 1 aromatic carbocycles. The molecule has 0 bridgehead atoms. The second kappa shape index (κ2) is 3.87. The van der Waals surface area contributed by atoms with Gasteiger partial charge in [-0.3, -0.25) is 0 Å². The second-order valence-corrected chi connectivity index (χ2v) is 4.43. The second-order valence-electron chi connectivity index (χ2n) is 4.09. The van der Waals surface area contributed by atoms with Gasteiger partial charge in [0.05, 0.1) is 5.69 Å². The lowest BCUT2D eigenvalue weighted by molar-refractivity contribution is 0.991. The summed E-state index contributed by atoms with van der Waals surface area (Å²) in [6, 6.07) is 12.1. The molecule has 3 rings (SSSR count). The van der Waals surface area contributed by atoms with Crippen molar-refractivity contribution in [3.05, 3.63) is 47.4 Å². The third-order valence-corrected chi connectivity index (χ3v) is 2.95. The molecule has 0 amide bonds. The summed E-state index contributed by atoms with van der Waals surface area (Å²) in [5.41, 5.74) is 3.09. The summed E-state index contributed by atoms with van der Waals surface area (Å²) in [6.45, 7) is 0. The molecule has 80 valence electrons. The minimum absolute atomic E-state index is 0.350. The van der Waals surface area contributed by atoms with Crippen LogP contribution in [0.25, 0.3) is 11.3 Å². The molecule has 1 heterocycles. The van der Waals surface area contributed by atoms with Crippen molar-refractivity contribution in [1.82, 2.24) is 9.97 Å². The first-order chi connectivity index (χ1) is 7.83. The van der Waals surface area contributed by atoms with Gasteiger partial charge in [0.25, 0.3) is 0 Å². The number of aromatic nitrogens is 2. The number of nitrogens with zero attached hydrogens (tertiary/aromatic N) is 2. The lowest BCUT2D eigenvalue weighted by Crippen LogP contribution is -1.93. The predicted molar refractivity (Wildman–Crippen MR) is 64.5 cm³/mol. The van der Waals surface area contributed by atoms with Gasteiger partial charge in [-0.2, -0.15) is 0 Å². The SMILES string of the molecule is Clc1nc(-c2ccccc2)cc(C2CC2)n1. The third-order valence-electron chi connectivity index (χ3n) is 2.78. The van der Waals surface area contributed by atoms with E-state index >= 15 is 0 Å². The van der Waals surface area contributed by atoms with Crippen LogP contribution in [0.2, 0.25) is 5.28 Å². The average Bonchev–Trinajstić information content (AvgIpc) is 3.13. The van der Waals surface area contributed by atoms with Crippen molar-refractivity contribution in [3.63, 3.8) is 0 Å². The van der Waals surface area contributed by atoms with Crippen LogP contribution in [0, 0.1) is 0 Å². The standard InChI is InChI=1S/C13H11ClN2/c14-13-15-11(9-4-2-1-3-5-9)8-12(16-13)10-6-7-10/h1-5,8,10H,6-7H2. The lowest BCUT2D eigenvalue weighted by Gasteiger charge is -2.04. The molecule has 3 heteroatoms. The van der Waals surface area contributed by atoms with Gasteiger partial charge in [-0.15, -0.1) is 0 Å². The van der Waals surface area contributed by atoms with E-state index in [-0.39, 0.29) is 0 Å². The Morgan fingerprint density at radius 2 is 1.81 bits per heavy atom. The van der Waals surface area contributed by atoms with Crippen molar-refractivity contribution in [3.8, 4) is 11.3 Å². The molecule has 1 aromatic heterocycles. The Bertz CT molecular complexity index is 507. The van der Waals surface area contributed by atoms with E-state index in [0.29, 0.717) is 11.2 Å². The van der Waals surface area contributed by atoms with Crippen LogP contribution in [-0.4, -0.2) is 9.97 Å². The van der Waals surface area contributed by atoms with E-state index in [2.05, 4.69) is 16.0 Å². The third kappa shape index (κ3) is 1.93. The van der Waals surface area contributed by atoms with Gasteiger partial charge in [0.2, 0.25) is 5.28 Å². The van der Waals surface area contributed by atoms with Crippen molar-refractivity contribution in [2.75, 3.05) is 0 Å². The van der Waals surface area contributed by atoms with Gasteiger partial charge in [0, 0.05) is 17.2 Å². The minimum atomic E-state index is 0.350. The van der Waals surface area contributed by atoms with E-state index in [1.807, 2.05) is 30.3 Å². The van der Waals surface area contributed by atoms with Crippen molar-refractivity contribution >= 4 is 11.6 Å². The Morgan fingerprint density at radius 1 is 1.06 bits per heavy atom. The highest BCUT2D eigenvalue weighted by atomic mass is 35.5. The van der Waals surface area contributed by atoms with Gasteiger partial charge in [0.15, 0.2) is 0 Å². The number of hydrogen-bond donors (Lipinski definition) is 0. The van der Waals surface area contributed by atoms with Crippen LogP contribution in [0.15, 0.2) is 36.4 Å². The molecule has 0 atom stereocenters. The number of halogens is 1. The summed E-state index contributed by atoms with van der Waals surface area (Å²) in [5.74, 6) is 0.600. The predicted octanol–water partition coefficient (Wildman–Crippen LogP) is 3.67. The van der Waals surface area contributed by atoms with Crippen molar-refractivity contribution in [1.29, 1.82) is 0 Å². The van der Waals surface area contributed by atoms with Crippen LogP contribution in [-0.2, 0) is 0 Å². The molecule has 2 aromatic rings. The van der Waals surface area contributed by atoms with Crippen LogP contribution in [0.1, 0.15) is 24.5 Å². The highest BCUT2D eigenvalue weighted by Gasteiger charge is 2.26. The first-order valence-corrected chi connectivity index (χ1v) is 5.80. The molecule has 0 radical (unpaired) electrons. The van der Waals surface area contributed by atoms with Crippen LogP contribution in [0.5, 0.6) is 0 Å². The van der Waals surface area contributed by atoms with Crippen LogP contribution >= 0.6 is 11.6 Å². The molecule has 1 aliphatic carbocycles. The first-order valence-electron chi connectivity index (χ1n) is 5.43. The fourth-order valence-corrected chi connectivity index (χ4v) is 1.97.